The quantitative estimate of drug-likeness (QED) is 0.149. The lowest BCUT2D eigenvalue weighted by atomic mass is 10.0. The van der Waals surface area contributed by atoms with Crippen molar-refractivity contribution in [2.45, 2.75) is 55.3 Å². The molecule has 4 aliphatic heterocycles. The van der Waals surface area contributed by atoms with E-state index < -0.39 is 90.0 Å². The summed E-state index contributed by atoms with van der Waals surface area (Å²) in [6.45, 7) is -0.238. The minimum absolute atomic E-state index is 0.238. The number of H-pyrrole nitrogens is 1. The van der Waals surface area contributed by atoms with Crippen molar-refractivity contribution in [1.82, 2.24) is 14.9 Å². The third kappa shape index (κ3) is 6.22. The number of nitrogens with two attached hydrogens (primary N) is 1. The number of hydrogen-bond acceptors (Lipinski definition) is 13. The molecule has 0 aliphatic carbocycles. The first kappa shape index (κ1) is 33.0. The van der Waals surface area contributed by atoms with Crippen LogP contribution in [-0.2, 0) is 38.1 Å². The second kappa shape index (κ2) is 13.4. The van der Waals surface area contributed by atoms with E-state index in [9.17, 15) is 34.2 Å². The predicted octanol–water partition coefficient (Wildman–Crippen LogP) is -2.06. The number of aliphatic hydroxyl groups excluding tert-OH is 2. The van der Waals surface area contributed by atoms with E-state index in [4.69, 9.17) is 29.4 Å². The molecule has 3 amide bonds. The maximum atomic E-state index is 13.5. The van der Waals surface area contributed by atoms with Gasteiger partial charge in [0, 0.05) is 23.4 Å². The largest absolute Gasteiger partial charge is 0.456 e. The summed E-state index contributed by atoms with van der Waals surface area (Å²) in [7, 11) is 0. The topological polar surface area (TPSA) is 255 Å². The molecule has 0 radical (unpaired) electrons. The molecule has 1 aromatic heterocycles. The molecule has 50 heavy (non-hydrogen) atoms. The molecule has 5 heterocycles. The number of ether oxygens (including phenoxy) is 5. The number of aromatic amines is 1. The van der Waals surface area contributed by atoms with Crippen LogP contribution in [0.5, 0.6) is 0 Å². The molecule has 260 valence electrons. The fourth-order valence-electron chi connectivity index (χ4n) is 6.04. The Labute approximate surface area is 281 Å². The van der Waals surface area contributed by atoms with E-state index in [0.29, 0.717) is 22.5 Å². The highest BCUT2D eigenvalue weighted by molar-refractivity contribution is 6.20. The Morgan fingerprint density at radius 1 is 1.02 bits per heavy atom. The first-order valence-electron chi connectivity index (χ1n) is 15.3. The van der Waals surface area contributed by atoms with Crippen LogP contribution in [0.4, 0.5) is 5.69 Å². The molecule has 4 aliphatic rings. The molecule has 9 atom stereocenters. The van der Waals surface area contributed by atoms with Crippen molar-refractivity contribution < 1.29 is 48.3 Å². The number of benzene rings is 2. The number of amides is 3. The van der Waals surface area contributed by atoms with Gasteiger partial charge in [-0.2, -0.15) is 0 Å². The zero-order valence-electron chi connectivity index (χ0n) is 25.8. The van der Waals surface area contributed by atoms with Crippen molar-refractivity contribution in [3.63, 3.8) is 0 Å². The Morgan fingerprint density at radius 3 is 2.52 bits per heavy atom. The summed E-state index contributed by atoms with van der Waals surface area (Å²) < 4.78 is 29.5. The third-order valence-corrected chi connectivity index (χ3v) is 8.41. The van der Waals surface area contributed by atoms with Crippen LogP contribution >= 0.6 is 0 Å². The van der Waals surface area contributed by atoms with Crippen molar-refractivity contribution in [1.29, 1.82) is 0 Å². The molecule has 0 bridgehead atoms. The summed E-state index contributed by atoms with van der Waals surface area (Å²) in [5, 5.41) is 26.6. The summed E-state index contributed by atoms with van der Waals surface area (Å²) >= 11 is 0. The van der Waals surface area contributed by atoms with Crippen LogP contribution in [0, 0.1) is 0 Å². The van der Waals surface area contributed by atoms with Crippen LogP contribution in [0.1, 0.15) is 17.4 Å². The molecular weight excluding hydrogens is 660 g/mol. The summed E-state index contributed by atoms with van der Waals surface area (Å²) in [5.41, 5.74) is 6.36. The van der Waals surface area contributed by atoms with Crippen LogP contribution < -0.4 is 27.6 Å². The number of aromatic nitrogens is 2. The van der Waals surface area contributed by atoms with E-state index >= 15 is 0 Å². The summed E-state index contributed by atoms with van der Waals surface area (Å²) in [5.74, 6) is -3.35. The highest BCUT2D eigenvalue weighted by Crippen LogP contribution is 2.39. The molecule has 2 aromatic carbocycles. The van der Waals surface area contributed by atoms with Crippen molar-refractivity contribution in [2.75, 3.05) is 12.1 Å². The van der Waals surface area contributed by atoms with Crippen molar-refractivity contribution in [3.8, 4) is 0 Å². The molecular formula is C32H30N6O12. The monoisotopic (exact) mass is 690 g/mol. The minimum Gasteiger partial charge on any atom is -0.456 e. The molecule has 0 saturated carbocycles. The first-order valence-corrected chi connectivity index (χ1v) is 15.3. The number of aliphatic imine (C=N–C) groups is 1. The van der Waals surface area contributed by atoms with E-state index in [1.165, 1.54) is 6.20 Å². The van der Waals surface area contributed by atoms with Crippen molar-refractivity contribution >= 4 is 29.1 Å². The van der Waals surface area contributed by atoms with E-state index in [0.717, 1.165) is 16.7 Å². The van der Waals surface area contributed by atoms with Gasteiger partial charge in [-0.15, -0.1) is 0 Å². The molecule has 0 spiro atoms. The van der Waals surface area contributed by atoms with Crippen LogP contribution in [0.15, 0.2) is 93.3 Å². The van der Waals surface area contributed by atoms with Gasteiger partial charge >= 0.3 is 5.69 Å². The van der Waals surface area contributed by atoms with Crippen molar-refractivity contribution in [3.05, 3.63) is 111 Å². The average Bonchev–Trinajstić information content (AvgIpc) is 3.68. The number of carbonyl (C=O) groups is 3. The Kier molecular flexibility index (Phi) is 8.87. The fourth-order valence-corrected chi connectivity index (χ4v) is 6.04. The number of anilines is 1. The van der Waals surface area contributed by atoms with Crippen LogP contribution in [-0.4, -0.2) is 99.1 Å². The number of benzodiazepines with no additional fused rings is 1. The minimum atomic E-state index is -1.87. The van der Waals surface area contributed by atoms with E-state index in [2.05, 4.69) is 20.6 Å². The highest BCUT2D eigenvalue weighted by atomic mass is 16.8. The summed E-state index contributed by atoms with van der Waals surface area (Å²) in [6, 6.07) is 17.1. The summed E-state index contributed by atoms with van der Waals surface area (Å²) in [4.78, 5) is 70.2. The van der Waals surface area contributed by atoms with Gasteiger partial charge in [0.1, 0.15) is 37.3 Å². The average molecular weight is 691 g/mol. The van der Waals surface area contributed by atoms with Gasteiger partial charge in [-0.25, -0.2) is 9.79 Å². The molecule has 3 aromatic rings. The number of aliphatic hydroxyl groups is 2. The molecule has 18 heteroatoms. The normalized spacial score (nSPS) is 29.3. The van der Waals surface area contributed by atoms with Crippen LogP contribution in [0.2, 0.25) is 0 Å². The second-order valence-corrected chi connectivity index (χ2v) is 11.6. The standard InChI is InChI=1S/C32H30N6O12/c33-26(42)24(23-22-25(47-13-46-22)30(49-23)38-11-10-19(40)35-32(38)45)50-31-21(41)17(39)12-18(48-31)28(43)37-27-29(44)34-16-9-5-4-8-15(16)20(36-27)14-6-2-1-3-7-14/h1-12,17,21-25,27,30-31,39,41H,13H2,(H2,33,42)(H,34,44)(H,37,43)(H,35,40,45). The lowest BCUT2D eigenvalue weighted by molar-refractivity contribution is -0.243. The van der Waals surface area contributed by atoms with Gasteiger partial charge in [-0.05, 0) is 12.1 Å². The number of nitrogens with zero attached hydrogens (tertiary/aromatic N) is 2. The second-order valence-electron chi connectivity index (χ2n) is 11.6. The number of fused-ring (bicyclic) bond motifs is 2. The van der Waals surface area contributed by atoms with Crippen molar-refractivity contribution in [2.24, 2.45) is 10.7 Å². The SMILES string of the molecule is NC(=O)C(OC1OC(C(=O)NC2N=C(c3ccccc3)c3ccccc3NC2=O)=CC(O)C1O)C1OC(n2ccc(=O)[nH]c2=O)C2OCOC12. The maximum absolute atomic E-state index is 13.5. The Morgan fingerprint density at radius 2 is 1.76 bits per heavy atom. The van der Waals surface area contributed by atoms with Gasteiger partial charge in [0.15, 0.2) is 18.1 Å². The Hall–Kier alpha value is -5.50. The molecule has 9 unspecified atom stereocenters. The zero-order valence-corrected chi connectivity index (χ0v) is 25.8. The van der Waals surface area contributed by atoms with Gasteiger partial charge in [-0.1, -0.05) is 48.5 Å². The lowest BCUT2D eigenvalue weighted by Crippen LogP contribution is -2.54. The van der Waals surface area contributed by atoms with Gasteiger partial charge < -0.3 is 50.3 Å². The third-order valence-electron chi connectivity index (χ3n) is 8.41. The van der Waals surface area contributed by atoms with Crippen LogP contribution in [0.25, 0.3) is 0 Å². The number of para-hydroxylation sites is 1. The smallest absolute Gasteiger partial charge is 0.330 e. The number of primary amides is 1. The number of hydrogen-bond donors (Lipinski definition) is 6. The zero-order chi connectivity index (χ0) is 35.1. The molecule has 7 rings (SSSR count). The maximum Gasteiger partial charge on any atom is 0.330 e. The molecule has 7 N–H and O–H groups in total. The molecule has 2 saturated heterocycles. The number of rotatable bonds is 8. The van der Waals surface area contributed by atoms with E-state index in [1.807, 2.05) is 6.07 Å². The number of nitrogens with one attached hydrogen (secondary N) is 3. The molecule has 18 nitrogen and oxygen atoms in total. The van der Waals surface area contributed by atoms with E-state index in [1.54, 1.807) is 48.5 Å². The van der Waals surface area contributed by atoms with Crippen LogP contribution in [0.3, 0.4) is 0 Å². The van der Waals surface area contributed by atoms with E-state index in [-0.39, 0.29) is 6.79 Å². The fraction of sp³-hybridized carbons (Fsp3) is 0.312. The predicted molar refractivity (Wildman–Crippen MR) is 168 cm³/mol. The number of carbonyl (C=O) groups excluding carboxylic acids is 3. The highest BCUT2D eigenvalue weighted by Gasteiger charge is 2.56. The first-order chi connectivity index (χ1) is 24.1. The molecule has 2 fully saturated rings. The van der Waals surface area contributed by atoms with Gasteiger partial charge in [0.2, 0.25) is 18.4 Å². The van der Waals surface area contributed by atoms with Gasteiger partial charge in [0.25, 0.3) is 17.4 Å². The lowest BCUT2D eigenvalue weighted by Gasteiger charge is -2.35. The van der Waals surface area contributed by atoms with Gasteiger partial charge in [-0.3, -0.25) is 28.7 Å². The van der Waals surface area contributed by atoms with Gasteiger partial charge in [0.05, 0.1) is 11.4 Å². The Bertz CT molecular complexity index is 2000. The Balaban J connectivity index is 1.11. The summed E-state index contributed by atoms with van der Waals surface area (Å²) in [6.07, 6.45) is -11.1.